The van der Waals surface area contributed by atoms with Gasteiger partial charge in [-0.2, -0.15) is 0 Å². The van der Waals surface area contributed by atoms with E-state index in [1.807, 2.05) is 29.2 Å². The molecule has 4 heteroatoms. The van der Waals surface area contributed by atoms with Gasteiger partial charge in [-0.3, -0.25) is 4.79 Å². The molecule has 92 valence electrons. The Labute approximate surface area is 115 Å². The second-order valence-corrected chi connectivity index (χ2v) is 5.54. The van der Waals surface area contributed by atoms with E-state index in [1.54, 1.807) is 0 Å². The van der Waals surface area contributed by atoms with Crippen molar-refractivity contribution in [3.63, 3.8) is 0 Å². The number of halogens is 2. The first-order valence-corrected chi connectivity index (χ1v) is 7.17. The van der Waals surface area contributed by atoms with Gasteiger partial charge in [-0.25, -0.2) is 0 Å². The molecular weight excluding hydrogens is 302 g/mol. The summed E-state index contributed by atoms with van der Waals surface area (Å²) >= 11 is 9.32. The fourth-order valence-corrected chi connectivity index (χ4v) is 2.94. The number of piperidine rings is 1. The van der Waals surface area contributed by atoms with Gasteiger partial charge in [-0.15, -0.1) is 11.6 Å². The Balaban J connectivity index is 2.18. The first-order valence-electron chi connectivity index (χ1n) is 5.85. The highest BCUT2D eigenvalue weighted by atomic mass is 79.9. The molecule has 17 heavy (non-hydrogen) atoms. The van der Waals surface area contributed by atoms with Crippen molar-refractivity contribution >= 4 is 33.4 Å². The fourth-order valence-electron chi connectivity index (χ4n) is 2.22. The molecule has 0 N–H and O–H groups in total. The Hall–Kier alpha value is -0.540. The maximum Gasteiger partial charge on any atom is 0.254 e. The van der Waals surface area contributed by atoms with Gasteiger partial charge in [-0.05, 0) is 37.5 Å². The molecule has 0 aliphatic carbocycles. The lowest BCUT2D eigenvalue weighted by Gasteiger charge is -2.34. The molecule has 1 heterocycles. The van der Waals surface area contributed by atoms with Gasteiger partial charge in [0, 0.05) is 28.5 Å². The molecule has 1 aromatic carbocycles. The number of alkyl halides is 1. The van der Waals surface area contributed by atoms with E-state index in [0.717, 1.165) is 29.4 Å². The lowest BCUT2D eigenvalue weighted by Crippen LogP contribution is -2.44. The lowest BCUT2D eigenvalue weighted by molar-refractivity contribution is 0.0639. The minimum atomic E-state index is 0.0941. The molecule has 1 aliphatic heterocycles. The van der Waals surface area contributed by atoms with Gasteiger partial charge < -0.3 is 4.90 Å². The first kappa shape index (κ1) is 12.9. The SMILES string of the molecule is O=C(c1cccc(Br)c1)N1CCCCC1CCl. The van der Waals surface area contributed by atoms with Crippen molar-refractivity contribution in [1.82, 2.24) is 4.90 Å². The van der Waals surface area contributed by atoms with Crippen LogP contribution in [0.5, 0.6) is 0 Å². The van der Waals surface area contributed by atoms with E-state index in [9.17, 15) is 4.79 Å². The van der Waals surface area contributed by atoms with E-state index in [0.29, 0.717) is 5.88 Å². The van der Waals surface area contributed by atoms with Crippen molar-refractivity contribution < 1.29 is 4.79 Å². The maximum absolute atomic E-state index is 12.4. The number of carbonyl (C=O) groups is 1. The van der Waals surface area contributed by atoms with Crippen LogP contribution in [0.15, 0.2) is 28.7 Å². The predicted octanol–water partition coefficient (Wildman–Crippen LogP) is 3.68. The number of rotatable bonds is 2. The van der Waals surface area contributed by atoms with Crippen molar-refractivity contribution in [2.45, 2.75) is 25.3 Å². The van der Waals surface area contributed by atoms with E-state index < -0.39 is 0 Å². The Morgan fingerprint density at radius 3 is 3.00 bits per heavy atom. The largest absolute Gasteiger partial charge is 0.334 e. The number of nitrogens with zero attached hydrogens (tertiary/aromatic N) is 1. The van der Waals surface area contributed by atoms with Gasteiger partial charge in [-0.1, -0.05) is 22.0 Å². The molecule has 0 radical (unpaired) electrons. The van der Waals surface area contributed by atoms with Crippen molar-refractivity contribution in [3.8, 4) is 0 Å². The van der Waals surface area contributed by atoms with Crippen molar-refractivity contribution in [2.24, 2.45) is 0 Å². The molecule has 0 aromatic heterocycles. The van der Waals surface area contributed by atoms with Crippen LogP contribution in [0.1, 0.15) is 29.6 Å². The molecule has 1 saturated heterocycles. The normalized spacial score (nSPS) is 20.4. The zero-order chi connectivity index (χ0) is 12.3. The summed E-state index contributed by atoms with van der Waals surface area (Å²) in [6.07, 6.45) is 3.26. The third kappa shape index (κ3) is 3.02. The highest BCUT2D eigenvalue weighted by molar-refractivity contribution is 9.10. The molecule has 0 spiro atoms. The average Bonchev–Trinajstić information content (AvgIpc) is 2.38. The van der Waals surface area contributed by atoms with Crippen LogP contribution in [-0.4, -0.2) is 29.3 Å². The zero-order valence-electron chi connectivity index (χ0n) is 9.53. The molecule has 0 bridgehead atoms. The Kier molecular flexibility index (Phi) is 4.46. The molecule has 1 atom stereocenters. The Morgan fingerprint density at radius 2 is 2.29 bits per heavy atom. The van der Waals surface area contributed by atoms with Crippen molar-refractivity contribution in [3.05, 3.63) is 34.3 Å². The van der Waals surface area contributed by atoms with Crippen LogP contribution in [0.4, 0.5) is 0 Å². The van der Waals surface area contributed by atoms with E-state index in [-0.39, 0.29) is 11.9 Å². The minimum Gasteiger partial charge on any atom is -0.334 e. The van der Waals surface area contributed by atoms with E-state index in [4.69, 9.17) is 11.6 Å². The molecular formula is C13H15BrClNO. The van der Waals surface area contributed by atoms with Crippen LogP contribution in [0.3, 0.4) is 0 Å². The highest BCUT2D eigenvalue weighted by Crippen LogP contribution is 2.21. The number of amides is 1. The lowest BCUT2D eigenvalue weighted by atomic mass is 10.0. The van der Waals surface area contributed by atoms with Gasteiger partial charge in [0.05, 0.1) is 0 Å². The van der Waals surface area contributed by atoms with Crippen LogP contribution in [0.2, 0.25) is 0 Å². The molecule has 1 aromatic rings. The van der Waals surface area contributed by atoms with Gasteiger partial charge in [0.25, 0.3) is 5.91 Å². The Morgan fingerprint density at radius 1 is 1.47 bits per heavy atom. The topological polar surface area (TPSA) is 20.3 Å². The van der Waals surface area contributed by atoms with E-state index >= 15 is 0 Å². The fraction of sp³-hybridized carbons (Fsp3) is 0.462. The number of hydrogen-bond acceptors (Lipinski definition) is 1. The van der Waals surface area contributed by atoms with Gasteiger partial charge in [0.2, 0.25) is 0 Å². The molecule has 1 fully saturated rings. The number of hydrogen-bond donors (Lipinski definition) is 0. The second kappa shape index (κ2) is 5.87. The standard InChI is InChI=1S/C13H15BrClNO/c14-11-5-3-4-10(8-11)13(17)16-7-2-1-6-12(16)9-15/h3-5,8,12H,1-2,6-7,9H2. The highest BCUT2D eigenvalue weighted by Gasteiger charge is 2.26. The van der Waals surface area contributed by atoms with Gasteiger partial charge >= 0.3 is 0 Å². The monoisotopic (exact) mass is 315 g/mol. The summed E-state index contributed by atoms with van der Waals surface area (Å²) in [5.41, 5.74) is 0.733. The molecule has 1 amide bonds. The molecule has 1 aliphatic rings. The van der Waals surface area contributed by atoms with Crippen LogP contribution in [-0.2, 0) is 0 Å². The summed E-state index contributed by atoms with van der Waals surface area (Å²) < 4.78 is 0.933. The summed E-state index contributed by atoms with van der Waals surface area (Å²) in [6.45, 7) is 0.822. The summed E-state index contributed by atoms with van der Waals surface area (Å²) in [5, 5.41) is 0. The quantitative estimate of drug-likeness (QED) is 0.762. The third-order valence-corrected chi connectivity index (χ3v) is 3.99. The van der Waals surface area contributed by atoms with Crippen molar-refractivity contribution in [2.75, 3.05) is 12.4 Å². The minimum absolute atomic E-state index is 0.0941. The maximum atomic E-state index is 12.4. The Bertz CT molecular complexity index is 410. The van der Waals surface area contributed by atoms with Crippen LogP contribution >= 0.6 is 27.5 Å². The molecule has 2 nitrogen and oxygen atoms in total. The number of benzene rings is 1. The second-order valence-electron chi connectivity index (χ2n) is 4.31. The van der Waals surface area contributed by atoms with Crippen LogP contribution < -0.4 is 0 Å². The van der Waals surface area contributed by atoms with Crippen molar-refractivity contribution in [1.29, 1.82) is 0 Å². The number of likely N-dealkylation sites (tertiary alicyclic amines) is 1. The van der Waals surface area contributed by atoms with E-state index in [2.05, 4.69) is 15.9 Å². The molecule has 2 rings (SSSR count). The van der Waals surface area contributed by atoms with E-state index in [1.165, 1.54) is 6.42 Å². The van der Waals surface area contributed by atoms with Crippen LogP contribution in [0, 0.1) is 0 Å². The summed E-state index contributed by atoms with van der Waals surface area (Å²) in [6, 6.07) is 7.72. The molecule has 1 unspecified atom stereocenters. The van der Waals surface area contributed by atoms with Crippen LogP contribution in [0.25, 0.3) is 0 Å². The molecule has 0 saturated carbocycles. The summed E-state index contributed by atoms with van der Waals surface area (Å²) in [5.74, 6) is 0.622. The third-order valence-electron chi connectivity index (χ3n) is 3.14. The summed E-state index contributed by atoms with van der Waals surface area (Å²) in [4.78, 5) is 14.3. The van der Waals surface area contributed by atoms with Gasteiger partial charge in [0.15, 0.2) is 0 Å². The summed E-state index contributed by atoms with van der Waals surface area (Å²) in [7, 11) is 0. The van der Waals surface area contributed by atoms with Gasteiger partial charge in [0.1, 0.15) is 0 Å². The zero-order valence-corrected chi connectivity index (χ0v) is 11.9. The smallest absolute Gasteiger partial charge is 0.254 e. The predicted molar refractivity (Wildman–Crippen MR) is 73.5 cm³/mol. The average molecular weight is 317 g/mol. The first-order chi connectivity index (χ1) is 8.22. The number of carbonyl (C=O) groups excluding carboxylic acids is 1.